The molecule has 14 nitrogen and oxygen atoms in total. The van der Waals surface area contributed by atoms with E-state index in [1.54, 1.807) is 24.3 Å². The molecular formula is C39H53N7O7S. The number of nitrogens with one attached hydrogen (secondary N) is 2. The van der Waals surface area contributed by atoms with E-state index in [1.165, 1.54) is 11.1 Å². The monoisotopic (exact) mass is 763 g/mol. The van der Waals surface area contributed by atoms with Crippen molar-refractivity contribution in [3.63, 3.8) is 0 Å². The highest BCUT2D eigenvalue weighted by molar-refractivity contribution is 7.13. The minimum Gasteiger partial charge on any atom is -0.462 e. The first-order valence-corrected chi connectivity index (χ1v) is 19.4. The second-order valence-corrected chi connectivity index (χ2v) is 15.7. The number of hydrogen-bond donors (Lipinski definition) is 3. The van der Waals surface area contributed by atoms with Crippen LogP contribution in [0.2, 0.25) is 0 Å². The molecular weight excluding hydrogens is 711 g/mol. The van der Waals surface area contributed by atoms with Crippen LogP contribution in [0.1, 0.15) is 68.7 Å². The molecule has 5 rings (SSSR count). The summed E-state index contributed by atoms with van der Waals surface area (Å²) in [6.45, 7) is 15.3. The molecule has 2 unspecified atom stereocenters. The molecule has 0 spiro atoms. The van der Waals surface area contributed by atoms with E-state index in [-0.39, 0.29) is 37.5 Å². The number of β-amino-alcohol motifs (C(OH)–C–C–N with tert-alkyl or cyclic N) is 1. The van der Waals surface area contributed by atoms with Crippen molar-refractivity contribution in [2.75, 3.05) is 64.0 Å². The predicted octanol–water partition coefficient (Wildman–Crippen LogP) is 3.20. The fourth-order valence-corrected chi connectivity index (χ4v) is 7.50. The minimum absolute atomic E-state index is 0.00459. The maximum absolute atomic E-state index is 14.0. The molecule has 1 aromatic carbocycles. The van der Waals surface area contributed by atoms with Gasteiger partial charge in [0, 0.05) is 51.9 Å². The molecule has 4 atom stereocenters. The van der Waals surface area contributed by atoms with Gasteiger partial charge in [-0.15, -0.1) is 11.3 Å². The van der Waals surface area contributed by atoms with Crippen LogP contribution in [0.25, 0.3) is 10.4 Å². The van der Waals surface area contributed by atoms with Crippen LogP contribution in [0, 0.1) is 12.3 Å². The zero-order chi connectivity index (χ0) is 39.0. The Kier molecular flexibility index (Phi) is 13.8. The maximum Gasteiger partial charge on any atom is 0.339 e. The summed E-state index contributed by atoms with van der Waals surface area (Å²) < 4.78 is 10.8. The van der Waals surface area contributed by atoms with Crippen molar-refractivity contribution in [1.82, 2.24) is 30.4 Å². The fourth-order valence-electron chi connectivity index (χ4n) is 6.69. The van der Waals surface area contributed by atoms with Gasteiger partial charge in [0.05, 0.1) is 47.0 Å². The molecule has 0 bridgehead atoms. The van der Waals surface area contributed by atoms with Crippen LogP contribution < -0.4 is 15.5 Å². The summed E-state index contributed by atoms with van der Waals surface area (Å²) in [7, 11) is 0. The number of aliphatic hydroxyl groups is 1. The average Bonchev–Trinajstić information content (AvgIpc) is 3.77. The number of thiazole rings is 1. The summed E-state index contributed by atoms with van der Waals surface area (Å²) in [6, 6.07) is 9.33. The van der Waals surface area contributed by atoms with Crippen molar-refractivity contribution in [3.05, 3.63) is 64.9 Å². The number of carbonyl (C=O) groups excluding carboxylic acids is 4. The molecule has 2 fully saturated rings. The lowest BCUT2D eigenvalue weighted by Gasteiger charge is -2.36. The van der Waals surface area contributed by atoms with E-state index < -0.39 is 35.4 Å². The number of aromatic nitrogens is 2. The third kappa shape index (κ3) is 10.4. The van der Waals surface area contributed by atoms with Gasteiger partial charge in [0.15, 0.2) is 0 Å². The number of anilines is 1. The van der Waals surface area contributed by atoms with Gasteiger partial charge in [-0.25, -0.2) is 14.8 Å². The third-order valence-corrected chi connectivity index (χ3v) is 10.8. The Morgan fingerprint density at radius 1 is 1.02 bits per heavy atom. The van der Waals surface area contributed by atoms with Gasteiger partial charge >= 0.3 is 5.97 Å². The van der Waals surface area contributed by atoms with E-state index in [0.29, 0.717) is 25.3 Å². The molecule has 2 aliphatic rings. The van der Waals surface area contributed by atoms with Crippen LogP contribution in [-0.2, 0) is 23.9 Å². The van der Waals surface area contributed by atoms with Gasteiger partial charge in [-0.05, 0) is 49.4 Å². The smallest absolute Gasteiger partial charge is 0.339 e. The van der Waals surface area contributed by atoms with E-state index in [9.17, 15) is 24.3 Å². The Morgan fingerprint density at radius 2 is 1.74 bits per heavy atom. The van der Waals surface area contributed by atoms with Crippen molar-refractivity contribution in [2.45, 2.75) is 72.2 Å². The van der Waals surface area contributed by atoms with Crippen molar-refractivity contribution in [1.29, 1.82) is 0 Å². The van der Waals surface area contributed by atoms with Crippen LogP contribution in [0.4, 0.5) is 5.82 Å². The number of aliphatic hydroxyl groups excluding tert-OH is 1. The van der Waals surface area contributed by atoms with Crippen LogP contribution in [-0.4, -0.2) is 126 Å². The third-order valence-electron chi connectivity index (χ3n) is 9.80. The second kappa shape index (κ2) is 18.3. The van der Waals surface area contributed by atoms with Crippen molar-refractivity contribution >= 4 is 40.8 Å². The number of benzene rings is 1. The van der Waals surface area contributed by atoms with Crippen molar-refractivity contribution in [2.24, 2.45) is 5.41 Å². The standard InChI is InChI=1S/C39H53N7O7S/c1-7-53-38(51)29-12-13-32(40-21-29)45-16-14-44(15-17-45)18-19-52-23-33(48)43-35(39(4,5)6)37(50)46-22-30(47)20-31(46)36(49)42-25(2)27-8-10-28(11-9-27)34-26(3)41-24-54-34/h8-13,21,24-25,30-31,35,47H,7,14-20,22-23H2,1-6H3,(H,42,49)(H,43,48)/t25?,30-,31+,35?/m1/s1. The fraction of sp³-hybridized carbons (Fsp3) is 0.538. The maximum atomic E-state index is 14.0. The van der Waals surface area contributed by atoms with Gasteiger partial charge in [-0.3, -0.25) is 19.3 Å². The molecule has 3 N–H and O–H groups in total. The zero-order valence-corrected chi connectivity index (χ0v) is 32.9. The summed E-state index contributed by atoms with van der Waals surface area (Å²) >= 11 is 1.58. The van der Waals surface area contributed by atoms with Crippen molar-refractivity contribution in [3.8, 4) is 10.4 Å². The largest absolute Gasteiger partial charge is 0.462 e. The van der Waals surface area contributed by atoms with E-state index in [1.807, 2.05) is 70.5 Å². The Bertz CT molecular complexity index is 1740. The van der Waals surface area contributed by atoms with Crippen LogP contribution >= 0.6 is 11.3 Å². The molecule has 3 amide bonds. The summed E-state index contributed by atoms with van der Waals surface area (Å²) in [4.78, 5) is 68.2. The first-order valence-electron chi connectivity index (χ1n) is 18.5. The van der Waals surface area contributed by atoms with E-state index in [2.05, 4.69) is 30.4 Å². The summed E-state index contributed by atoms with van der Waals surface area (Å²) in [5.74, 6) is -0.805. The Labute approximate surface area is 321 Å². The summed E-state index contributed by atoms with van der Waals surface area (Å²) in [6.07, 6.45) is 0.777. The Morgan fingerprint density at radius 3 is 2.35 bits per heavy atom. The average molecular weight is 764 g/mol. The van der Waals surface area contributed by atoms with E-state index >= 15 is 0 Å². The number of hydrogen-bond acceptors (Lipinski definition) is 12. The molecule has 2 aliphatic heterocycles. The number of aryl methyl sites for hydroxylation is 1. The van der Waals surface area contributed by atoms with Crippen LogP contribution in [0.15, 0.2) is 48.1 Å². The zero-order valence-electron chi connectivity index (χ0n) is 32.0. The number of piperazine rings is 1. The number of likely N-dealkylation sites (tertiary alicyclic amines) is 1. The summed E-state index contributed by atoms with van der Waals surface area (Å²) in [5.41, 5.74) is 4.49. The SMILES string of the molecule is CCOC(=O)c1ccc(N2CCN(CCOCC(=O)NC(C(=O)N3C[C@H](O)C[C@H]3C(=O)NC(C)c3ccc(-c4scnc4C)cc3)C(C)(C)C)CC2)nc1. The molecule has 0 saturated carbocycles. The van der Waals surface area contributed by atoms with E-state index in [4.69, 9.17) is 9.47 Å². The molecule has 0 radical (unpaired) electrons. The van der Waals surface area contributed by atoms with Gasteiger partial charge in [-0.1, -0.05) is 45.0 Å². The highest BCUT2D eigenvalue weighted by Gasteiger charge is 2.44. The first-order chi connectivity index (χ1) is 25.7. The van der Waals surface area contributed by atoms with Gasteiger partial charge in [0.25, 0.3) is 0 Å². The molecule has 3 aromatic rings. The van der Waals surface area contributed by atoms with E-state index in [0.717, 1.165) is 53.7 Å². The Balaban J connectivity index is 1.08. The molecule has 4 heterocycles. The van der Waals surface area contributed by atoms with Gasteiger partial charge in [0.1, 0.15) is 24.5 Å². The van der Waals surface area contributed by atoms with Crippen LogP contribution in [0.3, 0.4) is 0 Å². The molecule has 2 saturated heterocycles. The number of pyridine rings is 1. The molecule has 292 valence electrons. The normalized spacial score (nSPS) is 18.9. The van der Waals surface area contributed by atoms with Gasteiger partial charge in [0.2, 0.25) is 17.7 Å². The summed E-state index contributed by atoms with van der Waals surface area (Å²) in [5, 5.41) is 16.5. The molecule has 0 aliphatic carbocycles. The number of amides is 3. The lowest BCUT2D eigenvalue weighted by molar-refractivity contribution is -0.144. The number of esters is 1. The number of nitrogens with zero attached hydrogens (tertiary/aromatic N) is 5. The Hall–Kier alpha value is -4.44. The number of carbonyl (C=O) groups is 4. The second-order valence-electron chi connectivity index (χ2n) is 14.9. The predicted molar refractivity (Wildman–Crippen MR) is 206 cm³/mol. The molecule has 2 aromatic heterocycles. The number of rotatable bonds is 14. The highest BCUT2D eigenvalue weighted by atomic mass is 32.1. The number of ether oxygens (including phenoxy) is 2. The molecule has 15 heteroatoms. The van der Waals surface area contributed by atoms with Crippen LogP contribution in [0.5, 0.6) is 0 Å². The van der Waals surface area contributed by atoms with Crippen molar-refractivity contribution < 1.29 is 33.8 Å². The lowest BCUT2D eigenvalue weighted by Crippen LogP contribution is -2.58. The quantitative estimate of drug-likeness (QED) is 0.163. The topological polar surface area (TPSA) is 167 Å². The van der Waals surface area contributed by atoms with Gasteiger partial charge < -0.3 is 35.0 Å². The van der Waals surface area contributed by atoms with Gasteiger partial charge in [-0.2, -0.15) is 0 Å². The first kappa shape index (κ1) is 40.7. The lowest BCUT2D eigenvalue weighted by atomic mass is 9.85. The molecule has 54 heavy (non-hydrogen) atoms. The minimum atomic E-state index is -0.942. The highest BCUT2D eigenvalue weighted by Crippen LogP contribution is 2.29.